The van der Waals surface area contributed by atoms with E-state index in [2.05, 4.69) is 5.32 Å². The fourth-order valence-electron chi connectivity index (χ4n) is 2.14. The molecule has 0 radical (unpaired) electrons. The number of benzene rings is 2. The number of nitrogens with one attached hydrogen (secondary N) is 1. The van der Waals surface area contributed by atoms with Crippen LogP contribution < -0.4 is 10.1 Å². The molecule has 0 saturated heterocycles. The number of anilines is 1. The molecule has 1 unspecified atom stereocenters. The van der Waals surface area contributed by atoms with Gasteiger partial charge in [0.2, 0.25) is 5.91 Å². The summed E-state index contributed by atoms with van der Waals surface area (Å²) >= 11 is 11.9. The zero-order valence-electron chi connectivity index (χ0n) is 13.8. The van der Waals surface area contributed by atoms with Crippen LogP contribution in [0.4, 0.5) is 5.69 Å². The van der Waals surface area contributed by atoms with E-state index < -0.39 is 6.10 Å². The molecule has 132 valence electrons. The van der Waals surface area contributed by atoms with Crippen molar-refractivity contribution >= 4 is 40.7 Å². The van der Waals surface area contributed by atoms with Crippen molar-refractivity contribution in [3.8, 4) is 5.75 Å². The Kier molecular flexibility index (Phi) is 6.67. The number of amides is 2. The number of hydrogen-bond donors (Lipinski definition) is 1. The van der Waals surface area contributed by atoms with Gasteiger partial charge in [0.1, 0.15) is 5.75 Å². The van der Waals surface area contributed by atoms with Gasteiger partial charge in [0.15, 0.2) is 6.10 Å². The highest BCUT2D eigenvalue weighted by Crippen LogP contribution is 2.28. The van der Waals surface area contributed by atoms with Gasteiger partial charge in [-0.15, -0.1) is 0 Å². The molecule has 0 aliphatic rings. The maximum absolute atomic E-state index is 12.4. The summed E-state index contributed by atoms with van der Waals surface area (Å²) in [5.41, 5.74) is 0.672. The summed E-state index contributed by atoms with van der Waals surface area (Å²) in [7, 11) is 1.54. The normalized spacial score (nSPS) is 11.5. The first-order valence-electron chi connectivity index (χ1n) is 7.58. The minimum atomic E-state index is -0.798. The van der Waals surface area contributed by atoms with Crippen molar-refractivity contribution in [1.29, 1.82) is 0 Å². The molecule has 0 heterocycles. The molecule has 2 rings (SSSR count). The van der Waals surface area contributed by atoms with E-state index in [1.807, 2.05) is 18.2 Å². The molecular formula is C18H18Cl2N2O3. The van der Waals surface area contributed by atoms with Crippen LogP contribution in [0.3, 0.4) is 0 Å². The molecule has 0 aliphatic heterocycles. The number of nitrogens with zero attached hydrogens (tertiary/aromatic N) is 1. The lowest BCUT2D eigenvalue weighted by Crippen LogP contribution is -2.42. The highest BCUT2D eigenvalue weighted by atomic mass is 35.5. The third-order valence-electron chi connectivity index (χ3n) is 3.36. The third-order valence-corrected chi connectivity index (χ3v) is 3.89. The molecule has 7 heteroatoms. The van der Waals surface area contributed by atoms with Crippen LogP contribution in [0.15, 0.2) is 48.5 Å². The third kappa shape index (κ3) is 5.66. The van der Waals surface area contributed by atoms with Crippen molar-refractivity contribution in [3.63, 3.8) is 0 Å². The monoisotopic (exact) mass is 380 g/mol. The Labute approximate surface area is 156 Å². The van der Waals surface area contributed by atoms with Crippen molar-refractivity contribution in [1.82, 2.24) is 4.90 Å². The largest absolute Gasteiger partial charge is 0.479 e. The molecule has 1 atom stereocenters. The van der Waals surface area contributed by atoms with E-state index in [4.69, 9.17) is 27.9 Å². The van der Waals surface area contributed by atoms with E-state index in [0.717, 1.165) is 0 Å². The molecule has 0 saturated carbocycles. The van der Waals surface area contributed by atoms with Crippen LogP contribution in [0.25, 0.3) is 0 Å². The summed E-state index contributed by atoms with van der Waals surface area (Å²) in [6, 6.07) is 13.8. The number of rotatable bonds is 6. The Morgan fingerprint density at radius 1 is 1.16 bits per heavy atom. The minimum absolute atomic E-state index is 0.0875. The van der Waals surface area contributed by atoms with Crippen LogP contribution in [-0.4, -0.2) is 36.4 Å². The topological polar surface area (TPSA) is 58.6 Å². The van der Waals surface area contributed by atoms with Crippen molar-refractivity contribution < 1.29 is 14.3 Å². The van der Waals surface area contributed by atoms with Crippen LogP contribution >= 0.6 is 23.2 Å². The smallest absolute Gasteiger partial charge is 0.263 e. The Morgan fingerprint density at radius 3 is 2.48 bits per heavy atom. The number of carbonyl (C=O) groups is 2. The molecule has 2 amide bonds. The number of hydrogen-bond acceptors (Lipinski definition) is 3. The molecular weight excluding hydrogens is 363 g/mol. The lowest BCUT2D eigenvalue weighted by molar-refractivity contribution is -0.139. The Balaban J connectivity index is 1.91. The quantitative estimate of drug-likeness (QED) is 0.827. The van der Waals surface area contributed by atoms with E-state index in [9.17, 15) is 9.59 Å². The molecule has 5 nitrogen and oxygen atoms in total. The fraction of sp³-hybridized carbons (Fsp3) is 0.222. The first-order valence-corrected chi connectivity index (χ1v) is 8.34. The Morgan fingerprint density at radius 2 is 1.84 bits per heavy atom. The summed E-state index contributed by atoms with van der Waals surface area (Å²) in [6.45, 7) is 1.51. The van der Waals surface area contributed by atoms with Gasteiger partial charge in [-0.05, 0) is 37.3 Å². The predicted octanol–water partition coefficient (Wildman–Crippen LogP) is 3.86. The molecule has 2 aromatic rings. The Bertz CT molecular complexity index is 753. The van der Waals surface area contributed by atoms with E-state index in [0.29, 0.717) is 21.5 Å². The van der Waals surface area contributed by atoms with Gasteiger partial charge >= 0.3 is 0 Å². The zero-order valence-corrected chi connectivity index (χ0v) is 15.3. The van der Waals surface area contributed by atoms with Gasteiger partial charge in [-0.1, -0.05) is 41.4 Å². The van der Waals surface area contributed by atoms with Gasteiger partial charge in [-0.2, -0.15) is 0 Å². The Hall–Kier alpha value is -2.24. The van der Waals surface area contributed by atoms with E-state index >= 15 is 0 Å². The van der Waals surface area contributed by atoms with Gasteiger partial charge in [0, 0.05) is 17.8 Å². The van der Waals surface area contributed by atoms with Gasteiger partial charge in [0.05, 0.1) is 11.6 Å². The number of likely N-dealkylation sites (N-methyl/N-ethyl adjacent to an activating group) is 1. The van der Waals surface area contributed by atoms with Crippen molar-refractivity contribution in [2.75, 3.05) is 18.9 Å². The van der Waals surface area contributed by atoms with Gasteiger partial charge in [0.25, 0.3) is 5.91 Å². The number of ether oxygens (including phenoxy) is 1. The fourth-order valence-corrected chi connectivity index (χ4v) is 2.59. The van der Waals surface area contributed by atoms with Gasteiger partial charge < -0.3 is 15.0 Å². The number of halogens is 2. The van der Waals surface area contributed by atoms with Crippen LogP contribution in [0.5, 0.6) is 5.75 Å². The SMILES string of the molecule is CC(Oc1ccc(Cl)cc1Cl)C(=O)N(C)CC(=O)Nc1ccccc1. The van der Waals surface area contributed by atoms with Crippen LogP contribution in [0.1, 0.15) is 6.92 Å². The molecule has 1 N–H and O–H groups in total. The van der Waals surface area contributed by atoms with Crippen LogP contribution in [0.2, 0.25) is 10.0 Å². The van der Waals surface area contributed by atoms with Gasteiger partial charge in [-0.3, -0.25) is 9.59 Å². The van der Waals surface area contributed by atoms with E-state index in [-0.39, 0.29) is 18.4 Å². The summed E-state index contributed by atoms with van der Waals surface area (Å²) in [6.07, 6.45) is -0.798. The second-order valence-electron chi connectivity index (χ2n) is 5.44. The summed E-state index contributed by atoms with van der Waals surface area (Å²) in [4.78, 5) is 25.7. The summed E-state index contributed by atoms with van der Waals surface area (Å²) in [5.74, 6) is -0.276. The van der Waals surface area contributed by atoms with Crippen molar-refractivity contribution in [3.05, 3.63) is 58.6 Å². The molecule has 0 aliphatic carbocycles. The first-order chi connectivity index (χ1) is 11.9. The number of para-hydroxylation sites is 1. The highest BCUT2D eigenvalue weighted by molar-refractivity contribution is 6.35. The second kappa shape index (κ2) is 8.74. The highest BCUT2D eigenvalue weighted by Gasteiger charge is 2.22. The lowest BCUT2D eigenvalue weighted by atomic mass is 10.3. The standard InChI is InChI=1S/C18H18Cl2N2O3/c1-12(25-16-9-8-13(19)10-15(16)20)18(24)22(2)11-17(23)21-14-6-4-3-5-7-14/h3-10,12H,11H2,1-2H3,(H,21,23). The van der Waals surface area contributed by atoms with Crippen LogP contribution in [-0.2, 0) is 9.59 Å². The molecule has 0 bridgehead atoms. The molecule has 0 aromatic heterocycles. The predicted molar refractivity (Wildman–Crippen MR) is 99.3 cm³/mol. The average Bonchev–Trinajstić information content (AvgIpc) is 2.57. The first kappa shape index (κ1) is 19.1. The second-order valence-corrected chi connectivity index (χ2v) is 6.29. The molecule has 2 aromatic carbocycles. The van der Waals surface area contributed by atoms with Crippen molar-refractivity contribution in [2.24, 2.45) is 0 Å². The summed E-state index contributed by atoms with van der Waals surface area (Å²) in [5, 5.41) is 3.52. The van der Waals surface area contributed by atoms with Crippen LogP contribution in [0, 0.1) is 0 Å². The lowest BCUT2D eigenvalue weighted by Gasteiger charge is -2.22. The molecule has 0 spiro atoms. The zero-order chi connectivity index (χ0) is 18.4. The maximum atomic E-state index is 12.4. The molecule has 0 fully saturated rings. The van der Waals surface area contributed by atoms with E-state index in [1.165, 1.54) is 18.0 Å². The van der Waals surface area contributed by atoms with E-state index in [1.54, 1.807) is 31.2 Å². The molecule has 25 heavy (non-hydrogen) atoms. The maximum Gasteiger partial charge on any atom is 0.263 e. The number of carbonyl (C=O) groups excluding carboxylic acids is 2. The van der Waals surface area contributed by atoms with Gasteiger partial charge in [-0.25, -0.2) is 0 Å². The minimum Gasteiger partial charge on any atom is -0.479 e. The average molecular weight is 381 g/mol. The van der Waals surface area contributed by atoms with Crippen molar-refractivity contribution in [2.45, 2.75) is 13.0 Å². The summed E-state index contributed by atoms with van der Waals surface area (Å²) < 4.78 is 5.57.